The van der Waals surface area contributed by atoms with Crippen molar-refractivity contribution >= 4 is 0 Å². The molecule has 2 aromatic carbocycles. The first kappa shape index (κ1) is 16.0. The van der Waals surface area contributed by atoms with Crippen LogP contribution in [-0.4, -0.2) is 18.8 Å². The molecule has 2 atom stereocenters. The summed E-state index contributed by atoms with van der Waals surface area (Å²) in [6, 6.07) is 12.9. The maximum absolute atomic E-state index is 13.8. The molecule has 2 unspecified atom stereocenters. The molecule has 2 aromatic rings. The molecule has 122 valence electrons. The van der Waals surface area contributed by atoms with Crippen LogP contribution in [0.1, 0.15) is 36.1 Å². The van der Waals surface area contributed by atoms with Crippen LogP contribution in [0.25, 0.3) is 0 Å². The summed E-state index contributed by atoms with van der Waals surface area (Å²) < 4.78 is 18.8. The van der Waals surface area contributed by atoms with E-state index >= 15 is 0 Å². The first-order valence-corrected chi connectivity index (χ1v) is 7.91. The maximum atomic E-state index is 13.8. The van der Waals surface area contributed by atoms with Crippen LogP contribution in [0, 0.1) is 5.82 Å². The largest absolute Gasteiger partial charge is 0.494 e. The molecule has 0 bridgehead atoms. The number of nitrogens with one attached hydrogen (secondary N) is 1. The molecule has 0 heterocycles. The van der Waals surface area contributed by atoms with E-state index in [-0.39, 0.29) is 17.6 Å². The Hall–Kier alpha value is -1.91. The van der Waals surface area contributed by atoms with E-state index in [1.807, 2.05) is 31.2 Å². The number of methoxy groups -OCH3 is 1. The number of ether oxygens (including phenoxy) is 1. The van der Waals surface area contributed by atoms with Gasteiger partial charge in [-0.05, 0) is 48.6 Å². The summed E-state index contributed by atoms with van der Waals surface area (Å²) in [4.78, 5) is 0. The molecule has 0 aromatic heterocycles. The summed E-state index contributed by atoms with van der Waals surface area (Å²) in [6.07, 6.45) is 1.60. The number of benzene rings is 2. The van der Waals surface area contributed by atoms with Gasteiger partial charge in [-0.3, -0.25) is 0 Å². The summed E-state index contributed by atoms with van der Waals surface area (Å²) in [7, 11) is 1.45. The molecule has 0 saturated heterocycles. The van der Waals surface area contributed by atoms with Gasteiger partial charge in [-0.25, -0.2) is 4.39 Å². The van der Waals surface area contributed by atoms with Crippen LogP contribution >= 0.6 is 0 Å². The number of aryl methyl sites for hydroxylation is 1. The smallest absolute Gasteiger partial charge is 0.165 e. The fourth-order valence-corrected chi connectivity index (χ4v) is 3.24. The second-order valence-corrected chi connectivity index (χ2v) is 6.19. The first-order valence-electron chi connectivity index (χ1n) is 7.91. The van der Waals surface area contributed by atoms with Crippen molar-refractivity contribution in [1.82, 2.24) is 5.32 Å². The summed E-state index contributed by atoms with van der Waals surface area (Å²) in [6.45, 7) is 2.41. The number of rotatable bonds is 5. The molecule has 1 aliphatic rings. The van der Waals surface area contributed by atoms with E-state index in [1.165, 1.54) is 18.7 Å². The highest BCUT2D eigenvalue weighted by Crippen LogP contribution is 2.36. The maximum Gasteiger partial charge on any atom is 0.165 e. The molecule has 23 heavy (non-hydrogen) atoms. The highest BCUT2D eigenvalue weighted by Gasteiger charge is 2.36. The lowest BCUT2D eigenvalue weighted by Crippen LogP contribution is -2.37. The monoisotopic (exact) mass is 315 g/mol. The van der Waals surface area contributed by atoms with E-state index in [0.717, 1.165) is 17.5 Å². The highest BCUT2D eigenvalue weighted by molar-refractivity contribution is 5.37. The van der Waals surface area contributed by atoms with Gasteiger partial charge in [-0.1, -0.05) is 30.3 Å². The van der Waals surface area contributed by atoms with Crippen LogP contribution in [0.5, 0.6) is 5.75 Å². The fourth-order valence-electron chi connectivity index (χ4n) is 3.24. The van der Waals surface area contributed by atoms with E-state index < -0.39 is 5.60 Å². The van der Waals surface area contributed by atoms with Crippen molar-refractivity contribution < 1.29 is 14.2 Å². The number of fused-ring (bicyclic) bond motifs is 1. The standard InChI is InChI=1S/C19H22FNO2/c1-13(15-7-8-18(23-2)17(20)11-15)21-12-19(22)10-9-14-5-3-4-6-16(14)19/h3-8,11,13,21-22H,9-10,12H2,1-2H3. The second-order valence-electron chi connectivity index (χ2n) is 6.19. The first-order chi connectivity index (χ1) is 11.0. The van der Waals surface area contributed by atoms with Crippen LogP contribution in [0.2, 0.25) is 0 Å². The Morgan fingerprint density at radius 1 is 1.30 bits per heavy atom. The fraction of sp³-hybridized carbons (Fsp3) is 0.368. The number of halogens is 1. The normalized spacial score (nSPS) is 21.0. The van der Waals surface area contributed by atoms with Gasteiger partial charge < -0.3 is 15.2 Å². The van der Waals surface area contributed by atoms with Gasteiger partial charge in [0.1, 0.15) is 5.60 Å². The quantitative estimate of drug-likeness (QED) is 0.889. The third kappa shape index (κ3) is 3.09. The van der Waals surface area contributed by atoms with Gasteiger partial charge >= 0.3 is 0 Å². The predicted molar refractivity (Wildman–Crippen MR) is 88.0 cm³/mol. The van der Waals surface area contributed by atoms with Crippen LogP contribution in [0.3, 0.4) is 0 Å². The Bertz CT molecular complexity index is 704. The van der Waals surface area contributed by atoms with Gasteiger partial charge in [0.05, 0.1) is 7.11 Å². The van der Waals surface area contributed by atoms with Crippen LogP contribution < -0.4 is 10.1 Å². The van der Waals surface area contributed by atoms with Gasteiger partial charge in [0, 0.05) is 12.6 Å². The van der Waals surface area contributed by atoms with Crippen LogP contribution in [0.4, 0.5) is 4.39 Å². The second kappa shape index (κ2) is 6.30. The molecule has 0 radical (unpaired) electrons. The third-order valence-corrected chi connectivity index (χ3v) is 4.70. The number of hydrogen-bond acceptors (Lipinski definition) is 3. The Balaban J connectivity index is 1.70. The number of aliphatic hydroxyl groups is 1. The van der Waals surface area contributed by atoms with Crippen LogP contribution in [0.15, 0.2) is 42.5 Å². The molecule has 0 amide bonds. The average molecular weight is 315 g/mol. The Labute approximate surface area is 136 Å². The lowest BCUT2D eigenvalue weighted by atomic mass is 9.95. The van der Waals surface area contributed by atoms with Crippen molar-refractivity contribution in [2.45, 2.75) is 31.4 Å². The van der Waals surface area contributed by atoms with Gasteiger partial charge in [0.15, 0.2) is 11.6 Å². The topological polar surface area (TPSA) is 41.5 Å². The zero-order valence-corrected chi connectivity index (χ0v) is 13.5. The summed E-state index contributed by atoms with van der Waals surface area (Å²) in [5.41, 5.74) is 2.19. The van der Waals surface area contributed by atoms with E-state index in [2.05, 4.69) is 11.4 Å². The summed E-state index contributed by atoms with van der Waals surface area (Å²) in [5, 5.41) is 14.2. The minimum atomic E-state index is -0.851. The Kier molecular flexibility index (Phi) is 4.37. The molecule has 0 spiro atoms. The van der Waals surface area contributed by atoms with Gasteiger partial charge in [-0.2, -0.15) is 0 Å². The van der Waals surface area contributed by atoms with E-state index in [0.29, 0.717) is 13.0 Å². The van der Waals surface area contributed by atoms with Crippen LogP contribution in [-0.2, 0) is 12.0 Å². The molecule has 0 aliphatic heterocycles. The Morgan fingerprint density at radius 3 is 2.83 bits per heavy atom. The summed E-state index contributed by atoms with van der Waals surface area (Å²) in [5.74, 6) is -0.132. The third-order valence-electron chi connectivity index (χ3n) is 4.70. The minimum Gasteiger partial charge on any atom is -0.494 e. The zero-order chi connectivity index (χ0) is 16.4. The molecular formula is C19H22FNO2. The zero-order valence-electron chi connectivity index (χ0n) is 13.5. The molecule has 2 N–H and O–H groups in total. The van der Waals surface area contributed by atoms with E-state index in [4.69, 9.17) is 4.74 Å². The lowest BCUT2D eigenvalue weighted by Gasteiger charge is -2.27. The van der Waals surface area contributed by atoms with E-state index in [1.54, 1.807) is 6.07 Å². The molecule has 1 aliphatic carbocycles. The van der Waals surface area contributed by atoms with Gasteiger partial charge in [0.25, 0.3) is 0 Å². The van der Waals surface area contributed by atoms with Gasteiger partial charge in [-0.15, -0.1) is 0 Å². The van der Waals surface area contributed by atoms with Crippen molar-refractivity contribution in [2.75, 3.05) is 13.7 Å². The van der Waals surface area contributed by atoms with Crippen molar-refractivity contribution in [3.05, 3.63) is 65.0 Å². The molecule has 3 rings (SSSR count). The van der Waals surface area contributed by atoms with Crippen molar-refractivity contribution in [1.29, 1.82) is 0 Å². The minimum absolute atomic E-state index is 0.0628. The predicted octanol–water partition coefficient (Wildman–Crippen LogP) is 3.32. The van der Waals surface area contributed by atoms with Crippen molar-refractivity contribution in [3.63, 3.8) is 0 Å². The molecule has 3 nitrogen and oxygen atoms in total. The molecular weight excluding hydrogens is 293 g/mol. The van der Waals surface area contributed by atoms with Crippen molar-refractivity contribution in [3.8, 4) is 5.75 Å². The highest BCUT2D eigenvalue weighted by atomic mass is 19.1. The number of hydrogen-bond donors (Lipinski definition) is 2. The Morgan fingerprint density at radius 2 is 2.09 bits per heavy atom. The SMILES string of the molecule is COc1ccc(C(C)NCC2(O)CCc3ccccc32)cc1F. The molecule has 4 heteroatoms. The summed E-state index contributed by atoms with van der Waals surface area (Å²) >= 11 is 0. The molecule has 0 saturated carbocycles. The molecule has 0 fully saturated rings. The van der Waals surface area contributed by atoms with Crippen molar-refractivity contribution in [2.24, 2.45) is 0 Å². The lowest BCUT2D eigenvalue weighted by molar-refractivity contribution is 0.0363. The van der Waals surface area contributed by atoms with E-state index in [9.17, 15) is 9.50 Å². The van der Waals surface area contributed by atoms with Gasteiger partial charge in [0.2, 0.25) is 0 Å². The average Bonchev–Trinajstić information content (AvgIpc) is 2.91.